The molecule has 1 aliphatic carbocycles. The number of aromatic hydroxyl groups is 1. The predicted octanol–water partition coefficient (Wildman–Crippen LogP) is 4.96. The summed E-state index contributed by atoms with van der Waals surface area (Å²) in [6, 6.07) is 8.34. The Morgan fingerprint density at radius 3 is 2.47 bits per heavy atom. The molecule has 1 fully saturated rings. The molecule has 8 heteroatoms. The molecule has 0 spiro atoms. The zero-order valence-electron chi connectivity index (χ0n) is 18.6. The first-order chi connectivity index (χ1) is 15.0. The molecule has 7 nitrogen and oxygen atoms in total. The fourth-order valence-corrected chi connectivity index (χ4v) is 3.16. The minimum Gasteiger partial charge on any atom is -0.507 e. The number of benzene rings is 2. The molecule has 2 aromatic carbocycles. The number of nitrogens with zero attached hydrogens (tertiary/aromatic N) is 1. The van der Waals surface area contributed by atoms with Gasteiger partial charge in [0, 0.05) is 19.2 Å². The molecular weight excluding hydrogens is 415 g/mol. The number of amides is 2. The number of carbonyl (C=O) groups is 2. The highest BCUT2D eigenvalue weighted by Gasteiger charge is 2.26. The Morgan fingerprint density at radius 1 is 1.19 bits per heavy atom. The van der Waals surface area contributed by atoms with Crippen molar-refractivity contribution in [3.63, 3.8) is 0 Å². The van der Waals surface area contributed by atoms with Gasteiger partial charge in [-0.05, 0) is 62.9 Å². The van der Waals surface area contributed by atoms with Crippen LogP contribution in [-0.2, 0) is 11.3 Å². The van der Waals surface area contributed by atoms with Crippen LogP contribution in [0.1, 0.15) is 56.0 Å². The first-order valence-corrected chi connectivity index (χ1v) is 10.6. The Balaban J connectivity index is 1.71. The van der Waals surface area contributed by atoms with Gasteiger partial charge in [-0.15, -0.1) is 0 Å². The predicted molar refractivity (Wildman–Crippen MR) is 117 cm³/mol. The molecule has 172 valence electrons. The van der Waals surface area contributed by atoms with E-state index < -0.39 is 23.4 Å². The standard InChI is InChI=1S/C24H29FN2O5/c1-24(2,3)32-23(30)27(11-10-15-4-5-15)14-16-6-9-21(19(25)12-16)31-17-7-8-18(22(26)29)20(28)13-17/h6-9,12-13,15,28H,4-5,10-11,14H2,1-3H3,(H2,26,29). The quantitative estimate of drug-likeness (QED) is 0.599. The molecule has 2 aromatic rings. The summed E-state index contributed by atoms with van der Waals surface area (Å²) in [5.41, 5.74) is 5.09. The Kier molecular flexibility index (Phi) is 6.91. The maximum absolute atomic E-state index is 14.7. The molecule has 0 unspecified atom stereocenters. The molecule has 3 rings (SSSR count). The van der Waals surface area contributed by atoms with Crippen LogP contribution in [0.2, 0.25) is 0 Å². The number of halogens is 1. The van der Waals surface area contributed by atoms with Gasteiger partial charge in [0.15, 0.2) is 11.6 Å². The van der Waals surface area contributed by atoms with E-state index in [9.17, 15) is 19.1 Å². The van der Waals surface area contributed by atoms with Crippen LogP contribution in [0.3, 0.4) is 0 Å². The second-order valence-electron chi connectivity index (χ2n) is 9.04. The van der Waals surface area contributed by atoms with Gasteiger partial charge in [-0.2, -0.15) is 0 Å². The zero-order chi connectivity index (χ0) is 23.5. The SMILES string of the molecule is CC(C)(C)OC(=O)N(CCC1CC1)Cc1ccc(Oc2ccc(C(N)=O)c(O)c2)c(F)c1. The van der Waals surface area contributed by atoms with E-state index >= 15 is 0 Å². The lowest BCUT2D eigenvalue weighted by Crippen LogP contribution is -2.37. The van der Waals surface area contributed by atoms with E-state index in [1.807, 2.05) is 20.8 Å². The summed E-state index contributed by atoms with van der Waals surface area (Å²) in [5, 5.41) is 9.85. The molecule has 0 atom stereocenters. The van der Waals surface area contributed by atoms with E-state index in [4.69, 9.17) is 15.2 Å². The summed E-state index contributed by atoms with van der Waals surface area (Å²) in [4.78, 5) is 25.4. The average Bonchev–Trinajstić information content (AvgIpc) is 3.50. The van der Waals surface area contributed by atoms with Crippen LogP contribution in [0.15, 0.2) is 36.4 Å². The topological polar surface area (TPSA) is 102 Å². The second-order valence-corrected chi connectivity index (χ2v) is 9.04. The summed E-state index contributed by atoms with van der Waals surface area (Å²) in [6.07, 6.45) is 2.83. The minimum atomic E-state index is -0.777. The summed E-state index contributed by atoms with van der Waals surface area (Å²) >= 11 is 0. The fraction of sp³-hybridized carbons (Fsp3) is 0.417. The highest BCUT2D eigenvalue weighted by molar-refractivity contribution is 5.95. The normalized spacial score (nSPS) is 13.5. The van der Waals surface area contributed by atoms with E-state index in [-0.39, 0.29) is 29.4 Å². The number of hydrogen-bond donors (Lipinski definition) is 2. The van der Waals surface area contributed by atoms with E-state index in [1.54, 1.807) is 11.0 Å². The molecule has 0 saturated heterocycles. The molecule has 0 aromatic heterocycles. The smallest absolute Gasteiger partial charge is 0.410 e. The molecule has 1 aliphatic rings. The summed E-state index contributed by atoms with van der Waals surface area (Å²) in [7, 11) is 0. The van der Waals surface area contributed by atoms with Crippen molar-refractivity contribution in [2.75, 3.05) is 6.54 Å². The second kappa shape index (κ2) is 9.46. The van der Waals surface area contributed by atoms with E-state index in [0.29, 0.717) is 18.0 Å². The Morgan fingerprint density at radius 2 is 1.91 bits per heavy atom. The molecule has 2 amide bonds. The maximum Gasteiger partial charge on any atom is 0.410 e. The molecule has 0 heterocycles. The minimum absolute atomic E-state index is 0.0539. The average molecular weight is 445 g/mol. The van der Waals surface area contributed by atoms with Crippen LogP contribution in [0.5, 0.6) is 17.2 Å². The maximum atomic E-state index is 14.7. The van der Waals surface area contributed by atoms with Gasteiger partial charge in [0.05, 0.1) is 5.56 Å². The van der Waals surface area contributed by atoms with Crippen molar-refractivity contribution in [1.29, 1.82) is 0 Å². The van der Waals surface area contributed by atoms with Gasteiger partial charge in [0.1, 0.15) is 17.1 Å². The lowest BCUT2D eigenvalue weighted by Gasteiger charge is -2.27. The van der Waals surface area contributed by atoms with E-state index in [0.717, 1.165) is 6.42 Å². The van der Waals surface area contributed by atoms with Crippen molar-refractivity contribution in [3.05, 3.63) is 53.3 Å². The van der Waals surface area contributed by atoms with Crippen LogP contribution < -0.4 is 10.5 Å². The zero-order valence-corrected chi connectivity index (χ0v) is 18.6. The third kappa shape index (κ3) is 6.60. The van der Waals surface area contributed by atoms with Crippen molar-refractivity contribution in [3.8, 4) is 17.2 Å². The van der Waals surface area contributed by atoms with Gasteiger partial charge >= 0.3 is 6.09 Å². The Labute approximate surface area is 186 Å². The Bertz CT molecular complexity index is 998. The van der Waals surface area contributed by atoms with Gasteiger partial charge in [-0.1, -0.05) is 18.9 Å². The fourth-order valence-electron chi connectivity index (χ4n) is 3.16. The van der Waals surface area contributed by atoms with Gasteiger partial charge in [0.2, 0.25) is 0 Å². The van der Waals surface area contributed by atoms with Gasteiger partial charge < -0.3 is 25.2 Å². The lowest BCUT2D eigenvalue weighted by molar-refractivity contribution is 0.0228. The lowest BCUT2D eigenvalue weighted by atomic mass is 10.1. The molecular formula is C24H29FN2O5. The third-order valence-corrected chi connectivity index (χ3v) is 4.99. The van der Waals surface area contributed by atoms with Crippen molar-refractivity contribution in [2.24, 2.45) is 11.7 Å². The van der Waals surface area contributed by atoms with Crippen LogP contribution in [-0.4, -0.2) is 34.2 Å². The van der Waals surface area contributed by atoms with Gasteiger partial charge in [-0.3, -0.25) is 4.79 Å². The first-order valence-electron chi connectivity index (χ1n) is 10.6. The summed E-state index contributed by atoms with van der Waals surface area (Å²) < 4.78 is 25.7. The van der Waals surface area contributed by atoms with Crippen molar-refractivity contribution < 1.29 is 28.6 Å². The number of primary amides is 1. The molecule has 32 heavy (non-hydrogen) atoms. The van der Waals surface area contributed by atoms with Crippen molar-refractivity contribution in [1.82, 2.24) is 4.90 Å². The highest BCUT2D eigenvalue weighted by atomic mass is 19.1. The van der Waals surface area contributed by atoms with Crippen LogP contribution in [0.25, 0.3) is 0 Å². The van der Waals surface area contributed by atoms with Crippen LogP contribution in [0.4, 0.5) is 9.18 Å². The van der Waals surface area contributed by atoms with Crippen molar-refractivity contribution in [2.45, 2.75) is 52.2 Å². The first kappa shape index (κ1) is 23.4. The number of hydrogen-bond acceptors (Lipinski definition) is 5. The largest absolute Gasteiger partial charge is 0.507 e. The molecule has 0 bridgehead atoms. The van der Waals surface area contributed by atoms with Crippen LogP contribution >= 0.6 is 0 Å². The number of ether oxygens (including phenoxy) is 2. The van der Waals surface area contributed by atoms with Gasteiger partial charge in [0.25, 0.3) is 5.91 Å². The number of phenols is 1. The monoisotopic (exact) mass is 444 g/mol. The molecule has 0 radical (unpaired) electrons. The summed E-state index contributed by atoms with van der Waals surface area (Å²) in [5.74, 6) is -1.01. The summed E-state index contributed by atoms with van der Waals surface area (Å²) in [6.45, 7) is 6.19. The highest BCUT2D eigenvalue weighted by Crippen LogP contribution is 2.33. The number of nitrogens with two attached hydrogens (primary N) is 1. The molecule has 1 saturated carbocycles. The molecule has 3 N–H and O–H groups in total. The Hall–Kier alpha value is -3.29. The van der Waals surface area contributed by atoms with E-state index in [1.165, 1.54) is 43.2 Å². The number of rotatable bonds is 8. The van der Waals surface area contributed by atoms with E-state index in [2.05, 4.69) is 0 Å². The third-order valence-electron chi connectivity index (χ3n) is 4.99. The van der Waals surface area contributed by atoms with Crippen molar-refractivity contribution >= 4 is 12.0 Å². The van der Waals surface area contributed by atoms with Gasteiger partial charge in [-0.25, -0.2) is 9.18 Å². The van der Waals surface area contributed by atoms with Crippen LogP contribution in [0, 0.1) is 11.7 Å². The molecule has 0 aliphatic heterocycles. The number of carbonyl (C=O) groups excluding carboxylic acids is 2.